The topological polar surface area (TPSA) is 101 Å². The predicted molar refractivity (Wildman–Crippen MR) is 80.4 cm³/mol. The Bertz CT molecular complexity index is 615. The van der Waals surface area contributed by atoms with Crippen molar-refractivity contribution < 1.29 is 18.3 Å². The van der Waals surface area contributed by atoms with Gasteiger partial charge in [-0.25, -0.2) is 8.42 Å². The van der Waals surface area contributed by atoms with E-state index in [4.69, 9.17) is 10.8 Å². The zero-order chi connectivity index (χ0) is 15.5. The van der Waals surface area contributed by atoms with Crippen molar-refractivity contribution in [3.8, 4) is 0 Å². The van der Waals surface area contributed by atoms with Gasteiger partial charge in [-0.15, -0.1) is 0 Å². The number of benzene rings is 1. The number of para-hydroxylation sites is 1. The van der Waals surface area contributed by atoms with Crippen molar-refractivity contribution in [1.82, 2.24) is 4.90 Å². The molecule has 0 aromatic heterocycles. The summed E-state index contributed by atoms with van der Waals surface area (Å²) in [5.41, 5.74) is 7.07. The molecule has 1 fully saturated rings. The van der Waals surface area contributed by atoms with Crippen LogP contribution in [-0.2, 0) is 21.1 Å². The van der Waals surface area contributed by atoms with Gasteiger partial charge in [0.1, 0.15) is 0 Å². The summed E-state index contributed by atoms with van der Waals surface area (Å²) in [7, 11) is -3.07. The Kier molecular flexibility index (Phi) is 4.84. The van der Waals surface area contributed by atoms with Crippen LogP contribution in [0.3, 0.4) is 0 Å². The van der Waals surface area contributed by atoms with E-state index in [1.54, 1.807) is 24.3 Å². The molecule has 1 aliphatic rings. The third-order valence-corrected chi connectivity index (χ3v) is 5.46. The number of anilines is 1. The van der Waals surface area contributed by atoms with Crippen LogP contribution in [0.25, 0.3) is 0 Å². The van der Waals surface area contributed by atoms with Crippen molar-refractivity contribution in [2.24, 2.45) is 0 Å². The Balaban J connectivity index is 2.11. The number of aliphatic hydroxyl groups is 1. The normalized spacial score (nSPS) is 20.3. The highest BCUT2D eigenvalue weighted by Gasteiger charge is 2.34. The molecule has 116 valence electrons. The molecule has 0 radical (unpaired) electrons. The van der Waals surface area contributed by atoms with Crippen LogP contribution in [-0.4, -0.2) is 55.0 Å². The summed E-state index contributed by atoms with van der Waals surface area (Å²) in [5, 5.41) is 9.13. The second kappa shape index (κ2) is 6.44. The molecule has 0 saturated carbocycles. The highest BCUT2D eigenvalue weighted by Crippen LogP contribution is 2.20. The number of hydrogen-bond acceptors (Lipinski definition) is 5. The maximum atomic E-state index is 12.4. The molecule has 1 heterocycles. The molecule has 1 unspecified atom stereocenters. The molecule has 1 saturated heterocycles. The zero-order valence-electron chi connectivity index (χ0n) is 11.7. The molecule has 0 bridgehead atoms. The summed E-state index contributed by atoms with van der Waals surface area (Å²) in [4.78, 5) is 13.9. The van der Waals surface area contributed by atoms with Crippen LogP contribution >= 0.6 is 0 Å². The number of carbonyl (C=O) groups is 1. The van der Waals surface area contributed by atoms with Crippen LogP contribution in [0, 0.1) is 0 Å². The Labute approximate surface area is 124 Å². The number of nitrogens with zero attached hydrogens (tertiary/aromatic N) is 1. The fraction of sp³-hybridized carbons (Fsp3) is 0.500. The van der Waals surface area contributed by atoms with E-state index in [1.807, 2.05) is 0 Å². The lowest BCUT2D eigenvalue weighted by Crippen LogP contribution is -2.43. The smallest absolute Gasteiger partial charge is 0.227 e. The number of amides is 1. The average molecular weight is 312 g/mol. The lowest BCUT2D eigenvalue weighted by atomic mass is 10.1. The average Bonchev–Trinajstić information content (AvgIpc) is 2.78. The van der Waals surface area contributed by atoms with Crippen molar-refractivity contribution >= 4 is 21.4 Å². The van der Waals surface area contributed by atoms with E-state index in [2.05, 4.69) is 0 Å². The molecule has 7 heteroatoms. The van der Waals surface area contributed by atoms with E-state index in [1.165, 1.54) is 4.90 Å². The molecule has 1 amide bonds. The Hall–Kier alpha value is -1.60. The minimum Gasteiger partial charge on any atom is -0.398 e. The zero-order valence-corrected chi connectivity index (χ0v) is 12.6. The Morgan fingerprint density at radius 1 is 1.38 bits per heavy atom. The summed E-state index contributed by atoms with van der Waals surface area (Å²) in [6, 6.07) is 6.74. The maximum absolute atomic E-state index is 12.4. The number of hydrogen-bond donors (Lipinski definition) is 2. The molecular formula is C14H20N2O4S. The number of rotatable bonds is 5. The van der Waals surface area contributed by atoms with Crippen LogP contribution in [0.5, 0.6) is 0 Å². The quantitative estimate of drug-likeness (QED) is 0.735. The largest absolute Gasteiger partial charge is 0.398 e. The van der Waals surface area contributed by atoms with Gasteiger partial charge in [-0.2, -0.15) is 0 Å². The highest BCUT2D eigenvalue weighted by atomic mass is 32.2. The third-order valence-electron chi connectivity index (χ3n) is 3.71. The van der Waals surface area contributed by atoms with Gasteiger partial charge in [0.15, 0.2) is 9.84 Å². The second-order valence-corrected chi connectivity index (χ2v) is 7.47. The monoisotopic (exact) mass is 312 g/mol. The molecule has 21 heavy (non-hydrogen) atoms. The van der Waals surface area contributed by atoms with Crippen LogP contribution < -0.4 is 5.73 Å². The molecule has 1 aromatic carbocycles. The second-order valence-electron chi connectivity index (χ2n) is 5.24. The van der Waals surface area contributed by atoms with Gasteiger partial charge in [-0.05, 0) is 18.1 Å². The lowest BCUT2D eigenvalue weighted by Gasteiger charge is -2.27. The van der Waals surface area contributed by atoms with Gasteiger partial charge in [0.25, 0.3) is 0 Å². The van der Waals surface area contributed by atoms with Crippen molar-refractivity contribution in [2.45, 2.75) is 18.9 Å². The molecule has 1 aliphatic heterocycles. The van der Waals surface area contributed by atoms with Gasteiger partial charge in [0, 0.05) is 18.3 Å². The summed E-state index contributed by atoms with van der Waals surface area (Å²) in [6.07, 6.45) is 0.543. The van der Waals surface area contributed by atoms with E-state index < -0.39 is 9.84 Å². The highest BCUT2D eigenvalue weighted by molar-refractivity contribution is 7.91. The lowest BCUT2D eigenvalue weighted by molar-refractivity contribution is -0.132. The summed E-state index contributed by atoms with van der Waals surface area (Å²) < 4.78 is 23.1. The summed E-state index contributed by atoms with van der Waals surface area (Å²) >= 11 is 0. The van der Waals surface area contributed by atoms with Gasteiger partial charge >= 0.3 is 0 Å². The van der Waals surface area contributed by atoms with Crippen LogP contribution in [0.15, 0.2) is 24.3 Å². The van der Waals surface area contributed by atoms with Crippen LogP contribution in [0.4, 0.5) is 5.69 Å². The fourth-order valence-electron chi connectivity index (χ4n) is 2.60. The van der Waals surface area contributed by atoms with Crippen molar-refractivity contribution in [3.05, 3.63) is 29.8 Å². The molecule has 0 spiro atoms. The van der Waals surface area contributed by atoms with Gasteiger partial charge < -0.3 is 15.7 Å². The first-order valence-electron chi connectivity index (χ1n) is 6.87. The van der Waals surface area contributed by atoms with E-state index >= 15 is 0 Å². The number of nitrogens with two attached hydrogens (primary N) is 1. The Morgan fingerprint density at radius 2 is 2.10 bits per heavy atom. The number of aliphatic hydroxyl groups excluding tert-OH is 1. The Morgan fingerprint density at radius 3 is 2.67 bits per heavy atom. The molecule has 3 N–H and O–H groups in total. The van der Waals surface area contributed by atoms with Gasteiger partial charge in [0.05, 0.1) is 24.5 Å². The van der Waals surface area contributed by atoms with Crippen LogP contribution in [0.1, 0.15) is 12.0 Å². The molecule has 2 rings (SSSR count). The van der Waals surface area contributed by atoms with Crippen LogP contribution in [0.2, 0.25) is 0 Å². The third kappa shape index (κ3) is 3.95. The number of sulfone groups is 1. The minimum absolute atomic E-state index is 0.0248. The summed E-state index contributed by atoms with van der Waals surface area (Å²) in [5.74, 6) is -0.132. The molecular weight excluding hydrogens is 292 g/mol. The first-order valence-corrected chi connectivity index (χ1v) is 8.69. The fourth-order valence-corrected chi connectivity index (χ4v) is 4.33. The predicted octanol–water partition coefficient (Wildman–Crippen LogP) is -0.181. The van der Waals surface area contributed by atoms with Gasteiger partial charge in [0.2, 0.25) is 5.91 Å². The SMILES string of the molecule is Nc1ccccc1CC(=O)N(CCO)C1CCS(=O)(=O)C1. The molecule has 1 aromatic rings. The maximum Gasteiger partial charge on any atom is 0.227 e. The van der Waals surface area contributed by atoms with E-state index in [9.17, 15) is 13.2 Å². The number of nitrogen functional groups attached to an aromatic ring is 1. The van der Waals surface area contributed by atoms with Crippen molar-refractivity contribution in [3.63, 3.8) is 0 Å². The standard InChI is InChI=1S/C14H20N2O4S/c15-13-4-2-1-3-11(13)9-14(18)16(6-7-17)12-5-8-21(19,20)10-12/h1-4,12,17H,5-10,15H2. The van der Waals surface area contributed by atoms with E-state index in [-0.39, 0.29) is 43.0 Å². The van der Waals surface area contributed by atoms with E-state index in [0.717, 1.165) is 0 Å². The molecule has 1 atom stereocenters. The van der Waals surface area contributed by atoms with Gasteiger partial charge in [-0.3, -0.25) is 4.79 Å². The van der Waals surface area contributed by atoms with Crippen molar-refractivity contribution in [1.29, 1.82) is 0 Å². The first-order chi connectivity index (χ1) is 9.93. The summed E-state index contributed by atoms with van der Waals surface area (Å²) in [6.45, 7) is -0.0433. The molecule has 6 nitrogen and oxygen atoms in total. The first kappa shape index (κ1) is 15.8. The number of carbonyl (C=O) groups excluding carboxylic acids is 1. The van der Waals surface area contributed by atoms with Gasteiger partial charge in [-0.1, -0.05) is 18.2 Å². The minimum atomic E-state index is -3.07. The van der Waals surface area contributed by atoms with Crippen molar-refractivity contribution in [2.75, 3.05) is 30.4 Å². The van der Waals surface area contributed by atoms with E-state index in [0.29, 0.717) is 17.7 Å². The molecule has 0 aliphatic carbocycles.